The van der Waals surface area contributed by atoms with Crippen molar-refractivity contribution in [1.82, 2.24) is 0 Å². The third-order valence-electron chi connectivity index (χ3n) is 0.223. The van der Waals surface area contributed by atoms with Gasteiger partial charge in [0.25, 0.3) is 0 Å². The molecule has 0 rings (SSSR count). The van der Waals surface area contributed by atoms with Gasteiger partial charge in [0.2, 0.25) is 0 Å². The molecule has 0 aliphatic rings. The van der Waals surface area contributed by atoms with Crippen LogP contribution < -0.4 is 0 Å². The van der Waals surface area contributed by atoms with Gasteiger partial charge in [0.1, 0.15) is 0 Å². The summed E-state index contributed by atoms with van der Waals surface area (Å²) in [6.07, 6.45) is -4.17. The summed E-state index contributed by atoms with van der Waals surface area (Å²) in [4.78, 5) is 0. The first-order valence-corrected chi connectivity index (χ1v) is 2.33. The van der Waals surface area contributed by atoms with Crippen LogP contribution in [0.3, 0.4) is 0 Å². The summed E-state index contributed by atoms with van der Waals surface area (Å²) in [6.45, 7) is -1.16. The quantitative estimate of drug-likeness (QED) is 0.597. The van der Waals surface area contributed by atoms with E-state index in [1.54, 1.807) is 0 Å². The average molecular weight is 227 g/mol. The molecular formula is C2H2F3OTe. The molecule has 1 radical (unpaired) electrons. The van der Waals surface area contributed by atoms with E-state index in [4.69, 9.17) is 0 Å². The zero-order chi connectivity index (χ0) is 5.91. The number of alkyl halides is 3. The zero-order valence-corrected chi connectivity index (χ0v) is 5.49. The first kappa shape index (κ1) is 7.54. The SMILES string of the molecule is FC(F)(F)CO[Te]. The molecule has 0 aliphatic heterocycles. The Balaban J connectivity index is 3.15. The molecule has 0 saturated heterocycles. The number of hydrogen-bond acceptors (Lipinski definition) is 1. The monoisotopic (exact) mass is 229 g/mol. The molecule has 0 N–H and O–H groups in total. The number of halogens is 3. The molecule has 0 bridgehead atoms. The fourth-order valence-electron chi connectivity index (χ4n) is 0.0668. The van der Waals surface area contributed by atoms with Crippen molar-refractivity contribution in [3.8, 4) is 0 Å². The van der Waals surface area contributed by atoms with Crippen molar-refractivity contribution in [2.24, 2.45) is 0 Å². The van der Waals surface area contributed by atoms with Crippen LogP contribution >= 0.6 is 0 Å². The van der Waals surface area contributed by atoms with Crippen LogP contribution in [0.15, 0.2) is 0 Å². The van der Waals surface area contributed by atoms with Gasteiger partial charge in [0, 0.05) is 0 Å². The molecule has 0 aliphatic carbocycles. The van der Waals surface area contributed by atoms with Crippen molar-refractivity contribution in [1.29, 1.82) is 0 Å². The Morgan fingerprint density at radius 2 is 1.86 bits per heavy atom. The average Bonchev–Trinajstić information content (AvgIpc) is 1.30. The zero-order valence-electron chi connectivity index (χ0n) is 3.16. The van der Waals surface area contributed by atoms with Gasteiger partial charge in [0.05, 0.1) is 0 Å². The molecule has 7 heavy (non-hydrogen) atoms. The molecule has 1 nitrogen and oxygen atoms in total. The summed E-state index contributed by atoms with van der Waals surface area (Å²) >= 11 is 0.946. The molecule has 0 heterocycles. The third kappa shape index (κ3) is 6.54. The standard InChI is InChI=1S/C2H2F3OTe/c3-2(4,5)1-6-7/h1H2. The summed E-state index contributed by atoms with van der Waals surface area (Å²) < 4.78 is 36.6. The molecule has 0 aromatic heterocycles. The van der Waals surface area contributed by atoms with Crippen LogP contribution in [0.25, 0.3) is 0 Å². The van der Waals surface area contributed by atoms with E-state index >= 15 is 0 Å². The molecule has 0 unspecified atom stereocenters. The van der Waals surface area contributed by atoms with Crippen LogP contribution in [0.2, 0.25) is 0 Å². The van der Waals surface area contributed by atoms with Crippen molar-refractivity contribution in [2.45, 2.75) is 6.18 Å². The normalized spacial score (nSPS) is 12.0. The van der Waals surface area contributed by atoms with E-state index < -0.39 is 12.8 Å². The van der Waals surface area contributed by atoms with E-state index in [-0.39, 0.29) is 0 Å². The van der Waals surface area contributed by atoms with Crippen molar-refractivity contribution in [3.05, 3.63) is 0 Å². The molecule has 0 aromatic rings. The minimum absolute atomic E-state index is 0.946. The van der Waals surface area contributed by atoms with Gasteiger partial charge < -0.3 is 0 Å². The first-order valence-electron chi connectivity index (χ1n) is 1.38. The Labute approximate surface area is 52.3 Å². The van der Waals surface area contributed by atoms with E-state index in [0.717, 1.165) is 22.7 Å². The van der Waals surface area contributed by atoms with E-state index in [2.05, 4.69) is 3.10 Å². The molecular weight excluding hydrogens is 225 g/mol. The number of hydrogen-bond donors (Lipinski definition) is 0. The summed E-state index contributed by atoms with van der Waals surface area (Å²) in [7, 11) is 0. The fraction of sp³-hybridized carbons (Fsp3) is 1.00. The topological polar surface area (TPSA) is 9.23 Å². The van der Waals surface area contributed by atoms with Gasteiger partial charge in [-0.25, -0.2) is 0 Å². The summed E-state index contributed by atoms with van der Waals surface area (Å²) in [6, 6.07) is 0. The Morgan fingerprint density at radius 3 is 1.86 bits per heavy atom. The van der Waals surface area contributed by atoms with Crippen LogP contribution in [-0.2, 0) is 3.10 Å². The van der Waals surface area contributed by atoms with Crippen LogP contribution in [0, 0.1) is 0 Å². The molecule has 0 amide bonds. The fourth-order valence-corrected chi connectivity index (χ4v) is 0.448. The van der Waals surface area contributed by atoms with Crippen molar-refractivity contribution in [3.63, 3.8) is 0 Å². The van der Waals surface area contributed by atoms with Gasteiger partial charge >= 0.3 is 51.8 Å². The van der Waals surface area contributed by atoms with Crippen molar-refractivity contribution >= 4 is 22.7 Å². The molecule has 43 valence electrons. The van der Waals surface area contributed by atoms with Crippen LogP contribution in [-0.4, -0.2) is 35.5 Å². The second kappa shape index (κ2) is 2.75. The van der Waals surface area contributed by atoms with Gasteiger partial charge in [-0.15, -0.1) is 0 Å². The second-order valence-electron chi connectivity index (χ2n) is 0.877. The molecule has 0 aromatic carbocycles. The van der Waals surface area contributed by atoms with Crippen molar-refractivity contribution < 1.29 is 16.3 Å². The van der Waals surface area contributed by atoms with Crippen molar-refractivity contribution in [2.75, 3.05) is 6.61 Å². The van der Waals surface area contributed by atoms with E-state index in [9.17, 15) is 13.2 Å². The molecule has 0 fully saturated rings. The Morgan fingerprint density at radius 1 is 1.43 bits per heavy atom. The second-order valence-corrected chi connectivity index (χ2v) is 1.55. The maximum absolute atomic E-state index is 10.9. The molecule has 5 heteroatoms. The predicted molar refractivity (Wildman–Crippen MR) is 17.8 cm³/mol. The summed E-state index contributed by atoms with van der Waals surface area (Å²) in [5.74, 6) is 0. The van der Waals surface area contributed by atoms with Gasteiger partial charge in [-0.2, -0.15) is 0 Å². The van der Waals surface area contributed by atoms with Crippen LogP contribution in [0.5, 0.6) is 0 Å². The predicted octanol–water partition coefficient (Wildman–Crippen LogP) is 0.649. The number of rotatable bonds is 1. The molecule has 0 atom stereocenters. The van der Waals surface area contributed by atoms with E-state index in [1.165, 1.54) is 0 Å². The van der Waals surface area contributed by atoms with Gasteiger partial charge in [-0.05, 0) is 0 Å². The Kier molecular flexibility index (Phi) is 2.96. The first-order chi connectivity index (χ1) is 3.06. The molecule has 0 saturated carbocycles. The van der Waals surface area contributed by atoms with Gasteiger partial charge in [-0.1, -0.05) is 0 Å². The minimum atomic E-state index is -4.17. The van der Waals surface area contributed by atoms with Gasteiger partial charge in [-0.3, -0.25) is 0 Å². The summed E-state index contributed by atoms with van der Waals surface area (Å²) in [5, 5.41) is 0. The van der Waals surface area contributed by atoms with E-state index in [0.29, 0.717) is 0 Å². The summed E-state index contributed by atoms with van der Waals surface area (Å²) in [5.41, 5.74) is 0. The molecule has 0 spiro atoms. The Bertz CT molecular complexity index is 51.4. The van der Waals surface area contributed by atoms with E-state index in [1.807, 2.05) is 0 Å². The van der Waals surface area contributed by atoms with Gasteiger partial charge in [0.15, 0.2) is 0 Å². The maximum atomic E-state index is 10.9. The van der Waals surface area contributed by atoms with Crippen LogP contribution in [0.1, 0.15) is 0 Å². The third-order valence-corrected chi connectivity index (χ3v) is 0.559. The Hall–Kier alpha value is 0.540. The van der Waals surface area contributed by atoms with Crippen LogP contribution in [0.4, 0.5) is 13.2 Å².